The summed E-state index contributed by atoms with van der Waals surface area (Å²) in [5, 5.41) is 14.5. The van der Waals surface area contributed by atoms with Crippen LogP contribution in [0.25, 0.3) is 0 Å². The van der Waals surface area contributed by atoms with Gasteiger partial charge in [0, 0.05) is 28.1 Å². The SMILES string of the molecule is CCn1cc(CC(O)c2cc(Br)ccc2Br)cn1. The summed E-state index contributed by atoms with van der Waals surface area (Å²) in [4.78, 5) is 0. The number of hydrogen-bond donors (Lipinski definition) is 1. The highest BCUT2D eigenvalue weighted by molar-refractivity contribution is 9.11. The van der Waals surface area contributed by atoms with Crippen LogP contribution in [0.5, 0.6) is 0 Å². The van der Waals surface area contributed by atoms with Gasteiger partial charge in [0.2, 0.25) is 0 Å². The second-order valence-electron chi connectivity index (χ2n) is 4.09. The molecule has 0 saturated heterocycles. The van der Waals surface area contributed by atoms with E-state index >= 15 is 0 Å². The summed E-state index contributed by atoms with van der Waals surface area (Å²) in [6.07, 6.45) is 3.80. The standard InChI is InChI=1S/C13H14Br2N2O/c1-2-17-8-9(7-16-17)5-13(18)11-6-10(14)3-4-12(11)15/h3-4,6-8,13,18H,2,5H2,1H3. The monoisotopic (exact) mass is 372 g/mol. The minimum absolute atomic E-state index is 0.536. The van der Waals surface area contributed by atoms with Gasteiger partial charge in [0.15, 0.2) is 0 Å². The molecule has 2 rings (SSSR count). The Hall–Kier alpha value is -0.650. The highest BCUT2D eigenvalue weighted by Crippen LogP contribution is 2.28. The molecular weight excluding hydrogens is 360 g/mol. The molecule has 0 spiro atoms. The molecule has 3 nitrogen and oxygen atoms in total. The second-order valence-corrected chi connectivity index (χ2v) is 5.86. The fraction of sp³-hybridized carbons (Fsp3) is 0.308. The third kappa shape index (κ3) is 3.22. The minimum atomic E-state index is -0.536. The van der Waals surface area contributed by atoms with Crippen LogP contribution in [-0.2, 0) is 13.0 Å². The number of halogens is 2. The number of benzene rings is 1. The molecule has 1 atom stereocenters. The minimum Gasteiger partial charge on any atom is -0.388 e. The third-order valence-electron chi connectivity index (χ3n) is 2.76. The van der Waals surface area contributed by atoms with E-state index in [-0.39, 0.29) is 0 Å². The van der Waals surface area contributed by atoms with Crippen molar-refractivity contribution >= 4 is 31.9 Å². The Morgan fingerprint density at radius 1 is 1.39 bits per heavy atom. The van der Waals surface area contributed by atoms with Gasteiger partial charge < -0.3 is 5.11 Å². The van der Waals surface area contributed by atoms with E-state index in [1.54, 1.807) is 6.20 Å². The largest absolute Gasteiger partial charge is 0.388 e. The van der Waals surface area contributed by atoms with Gasteiger partial charge in [-0.2, -0.15) is 5.10 Å². The molecule has 0 aliphatic heterocycles. The quantitative estimate of drug-likeness (QED) is 0.887. The van der Waals surface area contributed by atoms with E-state index in [4.69, 9.17) is 0 Å². The molecule has 96 valence electrons. The predicted octanol–water partition coefficient (Wildman–Crippen LogP) is 3.70. The molecular formula is C13H14Br2N2O. The van der Waals surface area contributed by atoms with E-state index in [1.165, 1.54) is 0 Å². The Bertz CT molecular complexity index is 540. The number of aliphatic hydroxyl groups excluding tert-OH is 1. The zero-order chi connectivity index (χ0) is 13.1. The highest BCUT2D eigenvalue weighted by Gasteiger charge is 2.13. The van der Waals surface area contributed by atoms with Crippen molar-refractivity contribution < 1.29 is 5.11 Å². The zero-order valence-electron chi connectivity index (χ0n) is 9.98. The van der Waals surface area contributed by atoms with E-state index in [1.807, 2.05) is 36.0 Å². The summed E-state index contributed by atoms with van der Waals surface area (Å²) in [6, 6.07) is 5.80. The summed E-state index contributed by atoms with van der Waals surface area (Å²) in [6.45, 7) is 2.88. The summed E-state index contributed by atoms with van der Waals surface area (Å²) in [5.74, 6) is 0. The molecule has 0 saturated carbocycles. The first-order chi connectivity index (χ1) is 8.60. The van der Waals surface area contributed by atoms with Crippen LogP contribution in [0.2, 0.25) is 0 Å². The average Bonchev–Trinajstić information content (AvgIpc) is 2.80. The van der Waals surface area contributed by atoms with E-state index in [0.717, 1.165) is 26.6 Å². The number of nitrogens with zero attached hydrogens (tertiary/aromatic N) is 2. The summed E-state index contributed by atoms with van der Waals surface area (Å²) >= 11 is 6.88. The molecule has 2 aromatic rings. The fourth-order valence-corrected chi connectivity index (χ4v) is 2.68. The number of rotatable bonds is 4. The maximum Gasteiger partial charge on any atom is 0.0842 e. The maximum atomic E-state index is 10.3. The molecule has 5 heteroatoms. The van der Waals surface area contributed by atoms with Crippen molar-refractivity contribution in [3.05, 3.63) is 50.7 Å². The van der Waals surface area contributed by atoms with Crippen molar-refractivity contribution in [1.29, 1.82) is 0 Å². The molecule has 0 aliphatic carbocycles. The van der Waals surface area contributed by atoms with Crippen molar-refractivity contribution in [2.24, 2.45) is 0 Å². The van der Waals surface area contributed by atoms with Crippen molar-refractivity contribution in [1.82, 2.24) is 9.78 Å². The van der Waals surface area contributed by atoms with Gasteiger partial charge >= 0.3 is 0 Å². The van der Waals surface area contributed by atoms with E-state index in [0.29, 0.717) is 6.42 Å². The van der Waals surface area contributed by atoms with Gasteiger partial charge in [0.1, 0.15) is 0 Å². The molecule has 0 bridgehead atoms. The van der Waals surface area contributed by atoms with Crippen molar-refractivity contribution in [3.8, 4) is 0 Å². The Kier molecular flexibility index (Phi) is 4.59. The summed E-state index contributed by atoms with van der Waals surface area (Å²) in [7, 11) is 0. The van der Waals surface area contributed by atoms with E-state index < -0.39 is 6.10 Å². The zero-order valence-corrected chi connectivity index (χ0v) is 13.1. The van der Waals surface area contributed by atoms with E-state index in [2.05, 4.69) is 37.0 Å². The van der Waals surface area contributed by atoms with Gasteiger partial charge in [-0.25, -0.2) is 0 Å². The summed E-state index contributed by atoms with van der Waals surface area (Å²) < 4.78 is 3.74. The third-order valence-corrected chi connectivity index (χ3v) is 3.97. The Labute approximate surface area is 123 Å². The van der Waals surface area contributed by atoms with Crippen LogP contribution in [0.1, 0.15) is 24.2 Å². The van der Waals surface area contributed by atoms with Crippen molar-refractivity contribution in [2.75, 3.05) is 0 Å². The van der Waals surface area contributed by atoms with Gasteiger partial charge in [-0.05, 0) is 36.2 Å². The molecule has 0 radical (unpaired) electrons. The molecule has 0 amide bonds. The van der Waals surface area contributed by atoms with Crippen LogP contribution >= 0.6 is 31.9 Å². The molecule has 1 aromatic carbocycles. The van der Waals surface area contributed by atoms with Gasteiger partial charge in [0.25, 0.3) is 0 Å². The maximum absolute atomic E-state index is 10.3. The lowest BCUT2D eigenvalue weighted by Crippen LogP contribution is -2.02. The number of aliphatic hydroxyl groups is 1. The first-order valence-electron chi connectivity index (χ1n) is 5.74. The molecule has 0 aliphatic rings. The summed E-state index contributed by atoms with van der Waals surface area (Å²) in [5.41, 5.74) is 1.92. The lowest BCUT2D eigenvalue weighted by molar-refractivity contribution is 0.177. The molecule has 1 unspecified atom stereocenters. The fourth-order valence-electron chi connectivity index (χ4n) is 1.79. The van der Waals surface area contributed by atoms with Crippen LogP contribution < -0.4 is 0 Å². The lowest BCUT2D eigenvalue weighted by atomic mass is 10.0. The number of aromatic nitrogens is 2. The Morgan fingerprint density at radius 3 is 2.83 bits per heavy atom. The molecule has 1 N–H and O–H groups in total. The molecule has 1 heterocycles. The Balaban J connectivity index is 2.16. The van der Waals surface area contributed by atoms with Crippen LogP contribution in [-0.4, -0.2) is 14.9 Å². The topological polar surface area (TPSA) is 38.0 Å². The smallest absolute Gasteiger partial charge is 0.0842 e. The second kappa shape index (κ2) is 5.99. The van der Waals surface area contributed by atoms with Crippen LogP contribution in [0, 0.1) is 0 Å². The van der Waals surface area contributed by atoms with Crippen LogP contribution in [0.3, 0.4) is 0 Å². The predicted molar refractivity (Wildman–Crippen MR) is 78.4 cm³/mol. The molecule has 18 heavy (non-hydrogen) atoms. The Morgan fingerprint density at radius 2 is 2.17 bits per heavy atom. The number of aryl methyl sites for hydroxylation is 1. The molecule has 0 fully saturated rings. The molecule has 1 aromatic heterocycles. The number of hydrogen-bond acceptors (Lipinski definition) is 2. The van der Waals surface area contributed by atoms with Gasteiger partial charge in [-0.3, -0.25) is 4.68 Å². The van der Waals surface area contributed by atoms with Crippen LogP contribution in [0.15, 0.2) is 39.5 Å². The van der Waals surface area contributed by atoms with Crippen molar-refractivity contribution in [2.45, 2.75) is 26.0 Å². The first-order valence-corrected chi connectivity index (χ1v) is 7.33. The van der Waals surface area contributed by atoms with Crippen molar-refractivity contribution in [3.63, 3.8) is 0 Å². The van der Waals surface area contributed by atoms with E-state index in [9.17, 15) is 5.11 Å². The van der Waals surface area contributed by atoms with Crippen LogP contribution in [0.4, 0.5) is 0 Å². The van der Waals surface area contributed by atoms with Gasteiger partial charge in [-0.1, -0.05) is 31.9 Å². The highest BCUT2D eigenvalue weighted by atomic mass is 79.9. The lowest BCUT2D eigenvalue weighted by Gasteiger charge is -2.12. The first kappa shape index (κ1) is 13.8. The average molecular weight is 374 g/mol. The van der Waals surface area contributed by atoms with Gasteiger partial charge in [-0.15, -0.1) is 0 Å². The normalized spacial score (nSPS) is 12.7. The van der Waals surface area contributed by atoms with Gasteiger partial charge in [0.05, 0.1) is 12.3 Å².